The molecule has 19 heavy (non-hydrogen) atoms. The number of rotatable bonds is 1. The van der Waals surface area contributed by atoms with E-state index < -0.39 is 0 Å². The van der Waals surface area contributed by atoms with Gasteiger partial charge in [0.15, 0.2) is 6.29 Å². The van der Waals surface area contributed by atoms with Crippen LogP contribution in [0.1, 0.15) is 15.9 Å². The highest BCUT2D eigenvalue weighted by atomic mass is 16.1. The summed E-state index contributed by atoms with van der Waals surface area (Å²) in [7, 11) is 0. The van der Waals surface area contributed by atoms with Crippen molar-refractivity contribution in [3.8, 4) is 11.3 Å². The maximum atomic E-state index is 11.6. The highest BCUT2D eigenvalue weighted by molar-refractivity contribution is 6.05. The summed E-state index contributed by atoms with van der Waals surface area (Å²) in [5.74, 6) is 0. The number of para-hydroxylation sites is 1. The van der Waals surface area contributed by atoms with Crippen molar-refractivity contribution in [2.75, 3.05) is 0 Å². The van der Waals surface area contributed by atoms with Gasteiger partial charge in [0.05, 0.1) is 5.69 Å². The number of aromatic nitrogens is 1. The average Bonchev–Trinajstić information content (AvgIpc) is 2.81. The molecule has 2 heteroatoms. The van der Waals surface area contributed by atoms with Crippen molar-refractivity contribution in [3.05, 3.63) is 59.7 Å². The molecule has 0 radical (unpaired) electrons. The van der Waals surface area contributed by atoms with Crippen LogP contribution in [0.25, 0.3) is 22.2 Å². The molecule has 0 N–H and O–H groups in total. The van der Waals surface area contributed by atoms with Crippen molar-refractivity contribution in [1.82, 2.24) is 4.57 Å². The second-order valence-electron chi connectivity index (χ2n) is 4.96. The Morgan fingerprint density at radius 2 is 1.79 bits per heavy atom. The van der Waals surface area contributed by atoms with Gasteiger partial charge in [0.2, 0.25) is 0 Å². The molecule has 2 aromatic carbocycles. The average molecular weight is 247 g/mol. The molecule has 0 saturated heterocycles. The SMILES string of the molecule is O=Cc1c2n(c3ccccc13)CCc1ccccc1-2. The van der Waals surface area contributed by atoms with E-state index in [0.29, 0.717) is 0 Å². The normalized spacial score (nSPS) is 13.1. The number of hydrogen-bond acceptors (Lipinski definition) is 1. The first-order valence-corrected chi connectivity index (χ1v) is 6.55. The van der Waals surface area contributed by atoms with Crippen LogP contribution in [0.2, 0.25) is 0 Å². The summed E-state index contributed by atoms with van der Waals surface area (Å²) in [6, 6.07) is 16.5. The molecule has 0 bridgehead atoms. The molecule has 2 heterocycles. The van der Waals surface area contributed by atoms with Crippen LogP contribution in [0.3, 0.4) is 0 Å². The van der Waals surface area contributed by atoms with Crippen LogP contribution in [-0.2, 0) is 13.0 Å². The fourth-order valence-electron chi connectivity index (χ4n) is 3.17. The van der Waals surface area contributed by atoms with Crippen molar-refractivity contribution in [2.24, 2.45) is 0 Å². The van der Waals surface area contributed by atoms with Crippen molar-refractivity contribution in [2.45, 2.75) is 13.0 Å². The molecule has 0 aliphatic carbocycles. The minimum Gasteiger partial charge on any atom is -0.340 e. The van der Waals surface area contributed by atoms with Gasteiger partial charge in [0, 0.05) is 28.6 Å². The first kappa shape index (κ1) is 10.6. The van der Waals surface area contributed by atoms with Crippen molar-refractivity contribution < 1.29 is 4.79 Å². The lowest BCUT2D eigenvalue weighted by molar-refractivity contribution is 0.112. The molecule has 1 aromatic heterocycles. The number of aldehydes is 1. The minimum absolute atomic E-state index is 0.822. The number of carbonyl (C=O) groups excluding carboxylic acids is 1. The molecule has 4 rings (SSSR count). The highest BCUT2D eigenvalue weighted by Crippen LogP contribution is 2.37. The molecule has 1 aliphatic rings. The van der Waals surface area contributed by atoms with Gasteiger partial charge in [-0.05, 0) is 18.1 Å². The van der Waals surface area contributed by atoms with E-state index in [1.165, 1.54) is 11.1 Å². The lowest BCUT2D eigenvalue weighted by Gasteiger charge is -2.20. The van der Waals surface area contributed by atoms with Gasteiger partial charge in [-0.3, -0.25) is 4.79 Å². The maximum absolute atomic E-state index is 11.6. The van der Waals surface area contributed by atoms with Gasteiger partial charge in [0.25, 0.3) is 0 Å². The van der Waals surface area contributed by atoms with E-state index in [2.05, 4.69) is 28.8 Å². The molecular formula is C17H13NO. The third-order valence-corrected chi connectivity index (χ3v) is 4.01. The van der Waals surface area contributed by atoms with Gasteiger partial charge in [-0.15, -0.1) is 0 Å². The zero-order valence-corrected chi connectivity index (χ0v) is 10.5. The lowest BCUT2D eigenvalue weighted by atomic mass is 9.96. The Bertz CT molecular complexity index is 798. The van der Waals surface area contributed by atoms with Crippen LogP contribution in [-0.4, -0.2) is 10.9 Å². The topological polar surface area (TPSA) is 22.0 Å². The number of carbonyl (C=O) groups is 1. The van der Waals surface area contributed by atoms with Crippen LogP contribution >= 0.6 is 0 Å². The molecule has 0 fully saturated rings. The molecule has 92 valence electrons. The van der Waals surface area contributed by atoms with Gasteiger partial charge in [-0.25, -0.2) is 0 Å². The first-order chi connectivity index (χ1) is 9.40. The number of fused-ring (bicyclic) bond motifs is 5. The second-order valence-corrected chi connectivity index (χ2v) is 4.96. The lowest BCUT2D eigenvalue weighted by Crippen LogP contribution is -2.10. The van der Waals surface area contributed by atoms with E-state index in [0.717, 1.165) is 41.4 Å². The summed E-state index contributed by atoms with van der Waals surface area (Å²) >= 11 is 0. The van der Waals surface area contributed by atoms with Crippen LogP contribution in [0.4, 0.5) is 0 Å². The first-order valence-electron chi connectivity index (χ1n) is 6.55. The van der Waals surface area contributed by atoms with E-state index in [1.807, 2.05) is 24.3 Å². The predicted molar refractivity (Wildman–Crippen MR) is 76.5 cm³/mol. The standard InChI is InChI=1S/C17H13NO/c19-11-15-14-7-3-4-8-16(14)18-10-9-12-5-1-2-6-13(12)17(15)18/h1-8,11H,9-10H2. The fourth-order valence-corrected chi connectivity index (χ4v) is 3.17. The summed E-state index contributed by atoms with van der Waals surface area (Å²) < 4.78 is 2.28. The number of hydrogen-bond donors (Lipinski definition) is 0. The zero-order valence-electron chi connectivity index (χ0n) is 10.5. The summed E-state index contributed by atoms with van der Waals surface area (Å²) in [6.07, 6.45) is 2.02. The van der Waals surface area contributed by atoms with Crippen molar-refractivity contribution in [1.29, 1.82) is 0 Å². The van der Waals surface area contributed by atoms with Gasteiger partial charge < -0.3 is 4.57 Å². The van der Waals surface area contributed by atoms with Gasteiger partial charge in [-0.1, -0.05) is 42.5 Å². The predicted octanol–water partition coefficient (Wildman–Crippen LogP) is 3.68. The molecular weight excluding hydrogens is 234 g/mol. The van der Waals surface area contributed by atoms with E-state index in [4.69, 9.17) is 0 Å². The molecule has 0 unspecified atom stereocenters. The fraction of sp³-hybridized carbons (Fsp3) is 0.118. The van der Waals surface area contributed by atoms with Crippen LogP contribution in [0, 0.1) is 0 Å². The highest BCUT2D eigenvalue weighted by Gasteiger charge is 2.22. The minimum atomic E-state index is 0.822. The molecule has 0 spiro atoms. The smallest absolute Gasteiger partial charge is 0.152 e. The molecule has 1 aliphatic heterocycles. The molecule has 2 nitrogen and oxygen atoms in total. The Kier molecular flexibility index (Phi) is 2.12. The van der Waals surface area contributed by atoms with Crippen LogP contribution in [0.5, 0.6) is 0 Å². The van der Waals surface area contributed by atoms with Crippen LogP contribution in [0.15, 0.2) is 48.5 Å². The van der Waals surface area contributed by atoms with Crippen molar-refractivity contribution >= 4 is 17.2 Å². The van der Waals surface area contributed by atoms with Gasteiger partial charge in [0.1, 0.15) is 0 Å². The Balaban J connectivity index is 2.18. The van der Waals surface area contributed by atoms with Crippen LogP contribution < -0.4 is 0 Å². The summed E-state index contributed by atoms with van der Waals surface area (Å²) in [6.45, 7) is 0.945. The largest absolute Gasteiger partial charge is 0.340 e. The zero-order chi connectivity index (χ0) is 12.8. The van der Waals surface area contributed by atoms with E-state index in [1.54, 1.807) is 0 Å². The number of aryl methyl sites for hydroxylation is 2. The summed E-state index contributed by atoms with van der Waals surface area (Å²) in [4.78, 5) is 11.6. The summed E-state index contributed by atoms with van der Waals surface area (Å²) in [5, 5.41) is 1.06. The third kappa shape index (κ3) is 1.34. The molecule has 0 saturated carbocycles. The van der Waals surface area contributed by atoms with E-state index in [-0.39, 0.29) is 0 Å². The quantitative estimate of drug-likeness (QED) is 0.601. The monoisotopic (exact) mass is 247 g/mol. The van der Waals surface area contributed by atoms with E-state index in [9.17, 15) is 4.79 Å². The van der Waals surface area contributed by atoms with Crippen molar-refractivity contribution in [3.63, 3.8) is 0 Å². The maximum Gasteiger partial charge on any atom is 0.152 e. The molecule has 3 aromatic rings. The summed E-state index contributed by atoms with van der Waals surface area (Å²) in [5.41, 5.74) is 5.60. The number of nitrogens with zero attached hydrogens (tertiary/aromatic N) is 1. The van der Waals surface area contributed by atoms with Gasteiger partial charge in [-0.2, -0.15) is 0 Å². The molecule has 0 amide bonds. The van der Waals surface area contributed by atoms with E-state index >= 15 is 0 Å². The Labute approximate surface area is 111 Å². The Hall–Kier alpha value is -2.35. The molecule has 0 atom stereocenters. The Morgan fingerprint density at radius 1 is 1.00 bits per heavy atom. The van der Waals surface area contributed by atoms with Gasteiger partial charge >= 0.3 is 0 Å². The third-order valence-electron chi connectivity index (χ3n) is 4.01. The number of benzene rings is 2. The Morgan fingerprint density at radius 3 is 2.68 bits per heavy atom. The second kappa shape index (κ2) is 3.82.